The van der Waals surface area contributed by atoms with Crippen LogP contribution in [0.1, 0.15) is 28.5 Å². The van der Waals surface area contributed by atoms with Crippen LogP contribution in [0.5, 0.6) is 5.75 Å². The summed E-state index contributed by atoms with van der Waals surface area (Å²) >= 11 is 0. The van der Waals surface area contributed by atoms with Gasteiger partial charge in [-0.05, 0) is 29.5 Å². The van der Waals surface area contributed by atoms with Gasteiger partial charge in [0.2, 0.25) is 0 Å². The van der Waals surface area contributed by atoms with Gasteiger partial charge in [0.05, 0.1) is 16.8 Å². The van der Waals surface area contributed by atoms with E-state index in [2.05, 4.69) is 0 Å². The van der Waals surface area contributed by atoms with Crippen LogP contribution in [-0.4, -0.2) is 22.0 Å². The second-order valence-corrected chi connectivity index (χ2v) is 9.01. The number of esters is 1. The molecular weight excluding hydrogens is 458 g/mol. The number of carboxylic acid groups (broad SMARTS) is 1. The maximum absolute atomic E-state index is 13.8. The Labute approximate surface area is 207 Å². The number of nitrogens with zero attached hydrogens (tertiary/aromatic N) is 1. The van der Waals surface area contributed by atoms with Crippen molar-refractivity contribution in [2.24, 2.45) is 11.8 Å². The summed E-state index contributed by atoms with van der Waals surface area (Å²) in [6, 6.07) is 26.2. The largest absolute Gasteiger partial charge is 0.481 e. The van der Waals surface area contributed by atoms with Crippen molar-refractivity contribution in [2.75, 3.05) is 0 Å². The van der Waals surface area contributed by atoms with Gasteiger partial charge in [0.15, 0.2) is 0 Å². The van der Waals surface area contributed by atoms with Gasteiger partial charge in [-0.3, -0.25) is 19.7 Å². The monoisotopic (exact) mass is 481 g/mol. The lowest BCUT2D eigenvalue weighted by Gasteiger charge is -2.49. The van der Waals surface area contributed by atoms with Crippen molar-refractivity contribution in [1.29, 1.82) is 0 Å². The van der Waals surface area contributed by atoms with E-state index in [0.29, 0.717) is 5.75 Å². The van der Waals surface area contributed by atoms with Crippen molar-refractivity contribution in [3.63, 3.8) is 0 Å². The van der Waals surface area contributed by atoms with E-state index in [4.69, 9.17) is 4.74 Å². The van der Waals surface area contributed by atoms with E-state index < -0.39 is 40.5 Å². The lowest BCUT2D eigenvalue weighted by atomic mass is 9.52. The zero-order valence-electron chi connectivity index (χ0n) is 19.4. The molecule has 1 aliphatic carbocycles. The molecule has 0 bridgehead atoms. The summed E-state index contributed by atoms with van der Waals surface area (Å²) in [6.45, 7) is 1.86. The number of ether oxygens (including phenoxy) is 1. The standard InChI is InChI=1S/C29H23NO6/c1-17-9-2-4-12-19(17)24-26(28(31)32)25(21-14-6-7-15-22(21)30(34)35)27(24)29(33)36-23-16-8-11-18-10-3-5-13-20(18)23/h2-16,24-27H,1H3,(H,31,32)/t24-,25-,26+,27+/m0/s1. The maximum atomic E-state index is 13.8. The molecule has 0 aliphatic heterocycles. The highest BCUT2D eigenvalue weighted by Gasteiger charge is 2.60. The second kappa shape index (κ2) is 9.26. The van der Waals surface area contributed by atoms with Crippen LogP contribution < -0.4 is 4.74 Å². The normalized spacial score (nSPS) is 20.9. The van der Waals surface area contributed by atoms with Crippen LogP contribution in [0.4, 0.5) is 5.69 Å². The number of aryl methyl sites for hydroxylation is 1. The third-order valence-electron chi connectivity index (χ3n) is 7.11. The Balaban J connectivity index is 1.63. The van der Waals surface area contributed by atoms with Crippen LogP contribution in [0.15, 0.2) is 91.0 Å². The Bertz CT molecular complexity index is 1490. The molecular formula is C29H23NO6. The lowest BCUT2D eigenvalue weighted by Crippen LogP contribution is -2.52. The average molecular weight is 482 g/mol. The molecule has 0 aromatic heterocycles. The zero-order chi connectivity index (χ0) is 25.4. The molecule has 4 aromatic carbocycles. The van der Waals surface area contributed by atoms with Gasteiger partial charge >= 0.3 is 11.9 Å². The molecule has 180 valence electrons. The molecule has 1 fully saturated rings. The first-order valence-corrected chi connectivity index (χ1v) is 11.6. The predicted octanol–water partition coefficient (Wildman–Crippen LogP) is 5.86. The molecule has 7 nitrogen and oxygen atoms in total. The fraction of sp³-hybridized carbons (Fsp3) is 0.172. The molecule has 4 atom stereocenters. The summed E-state index contributed by atoms with van der Waals surface area (Å²) < 4.78 is 5.90. The molecule has 1 aliphatic rings. The fourth-order valence-corrected chi connectivity index (χ4v) is 5.48. The van der Waals surface area contributed by atoms with E-state index in [1.165, 1.54) is 18.2 Å². The number of aliphatic carboxylic acids is 1. The van der Waals surface area contributed by atoms with Crippen LogP contribution in [0.2, 0.25) is 0 Å². The quantitative estimate of drug-likeness (QED) is 0.160. The van der Waals surface area contributed by atoms with Gasteiger partial charge in [-0.15, -0.1) is 0 Å². The van der Waals surface area contributed by atoms with Crippen molar-refractivity contribution in [1.82, 2.24) is 0 Å². The highest BCUT2D eigenvalue weighted by molar-refractivity contribution is 5.92. The number of carbonyl (C=O) groups excluding carboxylic acids is 1. The molecule has 1 saturated carbocycles. The first-order chi connectivity index (χ1) is 17.4. The number of hydrogen-bond acceptors (Lipinski definition) is 5. The number of rotatable bonds is 6. The van der Waals surface area contributed by atoms with Crippen LogP contribution in [-0.2, 0) is 9.59 Å². The van der Waals surface area contributed by atoms with Gasteiger partial charge in [-0.25, -0.2) is 0 Å². The topological polar surface area (TPSA) is 107 Å². The smallest absolute Gasteiger partial charge is 0.315 e. The Morgan fingerprint density at radius 1 is 0.806 bits per heavy atom. The van der Waals surface area contributed by atoms with Crippen molar-refractivity contribution < 1.29 is 24.4 Å². The van der Waals surface area contributed by atoms with E-state index in [1.54, 1.807) is 24.3 Å². The number of nitro groups is 1. The SMILES string of the molecule is Cc1ccccc1[C@H]1[C@@H](C(=O)O)[C@H](c2ccccc2[N+](=O)[O-])[C@@H]1C(=O)Oc1cccc2ccccc12. The first kappa shape index (κ1) is 23.2. The number of carboxylic acids is 1. The third-order valence-corrected chi connectivity index (χ3v) is 7.11. The molecule has 0 heterocycles. The Morgan fingerprint density at radius 2 is 1.42 bits per heavy atom. The van der Waals surface area contributed by atoms with Crippen molar-refractivity contribution >= 4 is 28.4 Å². The van der Waals surface area contributed by atoms with Gasteiger partial charge in [0.1, 0.15) is 5.75 Å². The van der Waals surface area contributed by atoms with Gasteiger partial charge < -0.3 is 9.84 Å². The van der Waals surface area contributed by atoms with Gasteiger partial charge in [-0.1, -0.05) is 78.9 Å². The summed E-state index contributed by atoms with van der Waals surface area (Å²) in [7, 11) is 0. The zero-order valence-corrected chi connectivity index (χ0v) is 19.4. The summed E-state index contributed by atoms with van der Waals surface area (Å²) in [5.74, 6) is -4.93. The van der Waals surface area contributed by atoms with E-state index in [-0.39, 0.29) is 11.3 Å². The fourth-order valence-electron chi connectivity index (χ4n) is 5.48. The number of nitro benzene ring substituents is 1. The predicted molar refractivity (Wildman–Crippen MR) is 134 cm³/mol. The number of para-hydroxylation sites is 1. The molecule has 0 radical (unpaired) electrons. The average Bonchev–Trinajstić information content (AvgIpc) is 2.85. The molecule has 7 heteroatoms. The van der Waals surface area contributed by atoms with E-state index in [1.807, 2.05) is 55.5 Å². The number of fused-ring (bicyclic) bond motifs is 1. The van der Waals surface area contributed by atoms with Gasteiger partial charge in [0.25, 0.3) is 5.69 Å². The molecule has 0 unspecified atom stereocenters. The highest BCUT2D eigenvalue weighted by atomic mass is 16.6. The second-order valence-electron chi connectivity index (χ2n) is 9.01. The summed E-state index contributed by atoms with van der Waals surface area (Å²) in [5.41, 5.74) is 1.58. The molecule has 0 saturated heterocycles. The van der Waals surface area contributed by atoms with Crippen molar-refractivity contribution in [3.05, 3.63) is 118 Å². The summed E-state index contributed by atoms with van der Waals surface area (Å²) in [6.07, 6.45) is 0. The molecule has 1 N–H and O–H groups in total. The summed E-state index contributed by atoms with van der Waals surface area (Å²) in [4.78, 5) is 37.6. The Morgan fingerprint density at radius 3 is 2.14 bits per heavy atom. The minimum Gasteiger partial charge on any atom is -0.481 e. The minimum atomic E-state index is -1.11. The molecule has 0 spiro atoms. The van der Waals surface area contributed by atoms with Crippen LogP contribution in [0, 0.1) is 28.9 Å². The van der Waals surface area contributed by atoms with E-state index >= 15 is 0 Å². The molecule has 0 amide bonds. The summed E-state index contributed by atoms with van der Waals surface area (Å²) in [5, 5.41) is 23.7. The van der Waals surface area contributed by atoms with Crippen LogP contribution in [0.3, 0.4) is 0 Å². The van der Waals surface area contributed by atoms with E-state index in [9.17, 15) is 24.8 Å². The van der Waals surface area contributed by atoms with Crippen molar-refractivity contribution in [3.8, 4) is 5.75 Å². The number of hydrogen-bond donors (Lipinski definition) is 1. The number of carbonyl (C=O) groups is 2. The third kappa shape index (κ3) is 3.88. The minimum absolute atomic E-state index is 0.208. The Kier molecular flexibility index (Phi) is 5.98. The molecule has 5 rings (SSSR count). The van der Waals surface area contributed by atoms with Crippen LogP contribution in [0.25, 0.3) is 10.8 Å². The lowest BCUT2D eigenvalue weighted by molar-refractivity contribution is -0.386. The van der Waals surface area contributed by atoms with E-state index in [0.717, 1.165) is 21.9 Å². The number of benzene rings is 4. The molecule has 36 heavy (non-hydrogen) atoms. The maximum Gasteiger partial charge on any atom is 0.315 e. The highest BCUT2D eigenvalue weighted by Crippen LogP contribution is 2.59. The van der Waals surface area contributed by atoms with Crippen molar-refractivity contribution in [2.45, 2.75) is 18.8 Å². The van der Waals surface area contributed by atoms with Gasteiger partial charge in [0, 0.05) is 28.9 Å². The Hall–Kier alpha value is -4.52. The molecule has 4 aromatic rings. The van der Waals surface area contributed by atoms with Gasteiger partial charge in [-0.2, -0.15) is 0 Å². The first-order valence-electron chi connectivity index (χ1n) is 11.6. The van der Waals surface area contributed by atoms with Crippen LogP contribution >= 0.6 is 0 Å².